The normalized spacial score (nSPS) is 17.7. The summed E-state index contributed by atoms with van der Waals surface area (Å²) in [7, 11) is 1.68. The maximum absolute atomic E-state index is 11.3. The second-order valence-electron chi connectivity index (χ2n) is 10.1. The Morgan fingerprint density at radius 3 is 2.79 bits per heavy atom. The third-order valence-corrected chi connectivity index (χ3v) is 8.05. The molecule has 2 atom stereocenters. The Morgan fingerprint density at radius 1 is 1.18 bits per heavy atom. The summed E-state index contributed by atoms with van der Waals surface area (Å²) in [4.78, 5) is 18.2. The molecule has 2 aromatic carbocycles. The third kappa shape index (κ3) is 7.41. The topological polar surface area (TPSA) is 62.7 Å². The predicted octanol–water partition coefficient (Wildman–Crippen LogP) is 7.04. The molecule has 0 aliphatic carbocycles. The van der Waals surface area contributed by atoms with Crippen molar-refractivity contribution < 1.29 is 14.6 Å². The zero-order valence-corrected chi connectivity index (χ0v) is 23.5. The molecule has 1 fully saturated rings. The number of fused-ring (bicyclic) bond motifs is 1. The van der Waals surface area contributed by atoms with Crippen LogP contribution in [-0.2, 0) is 11.2 Å². The number of carboxylic acids is 1. The maximum Gasteiger partial charge on any atom is 0.303 e. The molecule has 7 heteroatoms. The summed E-state index contributed by atoms with van der Waals surface area (Å²) >= 11 is 12.4. The van der Waals surface area contributed by atoms with E-state index in [2.05, 4.69) is 33.9 Å². The van der Waals surface area contributed by atoms with E-state index in [1.165, 1.54) is 5.56 Å². The number of aryl methyl sites for hydroxylation is 2. The largest absolute Gasteiger partial charge is 0.497 e. The van der Waals surface area contributed by atoms with Crippen molar-refractivity contribution in [2.75, 3.05) is 26.7 Å². The van der Waals surface area contributed by atoms with Crippen LogP contribution in [0.25, 0.3) is 10.9 Å². The van der Waals surface area contributed by atoms with Crippen molar-refractivity contribution in [2.45, 2.75) is 45.4 Å². The Balaban J connectivity index is 1.37. The van der Waals surface area contributed by atoms with Gasteiger partial charge in [-0.15, -0.1) is 0 Å². The molecule has 1 N–H and O–H groups in total. The van der Waals surface area contributed by atoms with E-state index in [0.29, 0.717) is 34.8 Å². The van der Waals surface area contributed by atoms with Crippen LogP contribution in [0.2, 0.25) is 10.0 Å². The van der Waals surface area contributed by atoms with Gasteiger partial charge in [-0.1, -0.05) is 35.0 Å². The van der Waals surface area contributed by atoms with Crippen LogP contribution in [0.4, 0.5) is 0 Å². The number of halogens is 2. The van der Waals surface area contributed by atoms with Gasteiger partial charge in [0.05, 0.1) is 24.2 Å². The summed E-state index contributed by atoms with van der Waals surface area (Å²) in [5.74, 6) is 7.46. The molecular formula is C31H34Cl2N2O3. The summed E-state index contributed by atoms with van der Waals surface area (Å²) in [6, 6.07) is 11.7. The molecule has 3 aromatic rings. The number of pyridine rings is 1. The van der Waals surface area contributed by atoms with Crippen molar-refractivity contribution in [1.29, 1.82) is 0 Å². The van der Waals surface area contributed by atoms with E-state index in [-0.39, 0.29) is 6.42 Å². The summed E-state index contributed by atoms with van der Waals surface area (Å²) in [5, 5.41) is 11.6. The van der Waals surface area contributed by atoms with Crippen LogP contribution >= 0.6 is 23.2 Å². The van der Waals surface area contributed by atoms with Crippen LogP contribution in [0.5, 0.6) is 5.75 Å². The highest BCUT2D eigenvalue weighted by Gasteiger charge is 2.29. The second kappa shape index (κ2) is 13.3. The quantitative estimate of drug-likeness (QED) is 0.288. The van der Waals surface area contributed by atoms with Gasteiger partial charge in [0.15, 0.2) is 0 Å². The maximum atomic E-state index is 11.3. The standard InChI is InChI=1S/C31H34Cl2N2O3/c1-21-17-25(32)18-29(33)27(21)7-4-15-35-16-13-22(24(20-35)8-11-31(36)37)5-3-6-23-12-14-34-30-10-9-26(38-2)19-28(23)30/h9-10,12,14,17-19,22,24H,3,5-6,8,11,13,15-16,20H2,1-2H3,(H,36,37). The molecule has 2 unspecified atom stereocenters. The lowest BCUT2D eigenvalue weighted by Crippen LogP contribution is -2.41. The predicted molar refractivity (Wildman–Crippen MR) is 154 cm³/mol. The number of hydrogen-bond donors (Lipinski definition) is 1. The Labute approximate surface area is 235 Å². The van der Waals surface area contributed by atoms with Crippen LogP contribution in [0.15, 0.2) is 42.6 Å². The van der Waals surface area contributed by atoms with Gasteiger partial charge in [0.1, 0.15) is 5.75 Å². The highest BCUT2D eigenvalue weighted by atomic mass is 35.5. The number of likely N-dealkylation sites (tertiary alicyclic amines) is 1. The zero-order valence-electron chi connectivity index (χ0n) is 22.0. The van der Waals surface area contributed by atoms with Crippen molar-refractivity contribution in [3.05, 3.63) is 69.3 Å². The first kappa shape index (κ1) is 28.2. The van der Waals surface area contributed by atoms with Gasteiger partial charge in [0.2, 0.25) is 0 Å². The Kier molecular flexibility index (Phi) is 9.91. The Hall–Kier alpha value is -2.78. The first-order valence-corrected chi connectivity index (χ1v) is 13.9. The van der Waals surface area contributed by atoms with Crippen molar-refractivity contribution in [1.82, 2.24) is 9.88 Å². The number of rotatable bonds is 9. The Morgan fingerprint density at radius 2 is 2.03 bits per heavy atom. The number of aliphatic carboxylic acids is 1. The lowest BCUT2D eigenvalue weighted by Gasteiger charge is -2.38. The molecular weight excluding hydrogens is 519 g/mol. The zero-order chi connectivity index (χ0) is 27.1. The number of ether oxygens (including phenoxy) is 1. The number of carboxylic acid groups (broad SMARTS) is 1. The van der Waals surface area contributed by atoms with E-state index in [1.54, 1.807) is 13.2 Å². The molecule has 5 nitrogen and oxygen atoms in total. The molecule has 0 saturated carbocycles. The van der Waals surface area contributed by atoms with Gasteiger partial charge in [-0.2, -0.15) is 0 Å². The third-order valence-electron chi connectivity index (χ3n) is 7.53. The molecule has 4 rings (SSSR count). The molecule has 1 aliphatic rings. The first-order chi connectivity index (χ1) is 18.3. The van der Waals surface area contributed by atoms with Crippen LogP contribution < -0.4 is 4.74 Å². The summed E-state index contributed by atoms with van der Waals surface area (Å²) in [6.45, 7) is 4.43. The minimum Gasteiger partial charge on any atom is -0.497 e. The van der Waals surface area contributed by atoms with E-state index < -0.39 is 5.97 Å². The van der Waals surface area contributed by atoms with Crippen LogP contribution in [0.3, 0.4) is 0 Å². The number of nitrogens with zero attached hydrogens (tertiary/aromatic N) is 2. The summed E-state index contributed by atoms with van der Waals surface area (Å²) in [5.41, 5.74) is 4.04. The molecule has 2 heterocycles. The summed E-state index contributed by atoms with van der Waals surface area (Å²) < 4.78 is 5.41. The fraction of sp³-hybridized carbons (Fsp3) is 0.419. The molecule has 0 radical (unpaired) electrons. The first-order valence-electron chi connectivity index (χ1n) is 13.1. The highest BCUT2D eigenvalue weighted by Crippen LogP contribution is 2.32. The van der Waals surface area contributed by atoms with E-state index in [9.17, 15) is 9.90 Å². The van der Waals surface area contributed by atoms with Gasteiger partial charge >= 0.3 is 5.97 Å². The van der Waals surface area contributed by atoms with Gasteiger partial charge in [-0.25, -0.2) is 0 Å². The number of piperidine rings is 1. The van der Waals surface area contributed by atoms with Crippen LogP contribution in [-0.4, -0.2) is 47.7 Å². The molecule has 1 saturated heterocycles. The molecule has 0 amide bonds. The van der Waals surface area contributed by atoms with Gasteiger partial charge in [0, 0.05) is 35.1 Å². The fourth-order valence-electron chi connectivity index (χ4n) is 5.50. The number of hydrogen-bond acceptors (Lipinski definition) is 4. The smallest absolute Gasteiger partial charge is 0.303 e. The van der Waals surface area contributed by atoms with Crippen molar-refractivity contribution in [2.24, 2.45) is 11.8 Å². The fourth-order valence-corrected chi connectivity index (χ4v) is 6.14. The van der Waals surface area contributed by atoms with Crippen molar-refractivity contribution >= 4 is 40.1 Å². The van der Waals surface area contributed by atoms with Gasteiger partial charge in [-0.05, 0) is 105 Å². The molecule has 200 valence electrons. The van der Waals surface area contributed by atoms with Gasteiger partial charge < -0.3 is 9.84 Å². The number of methoxy groups -OCH3 is 1. The number of carbonyl (C=O) groups is 1. The molecule has 0 bridgehead atoms. The molecule has 1 aromatic heterocycles. The van der Waals surface area contributed by atoms with E-state index in [1.807, 2.05) is 31.3 Å². The van der Waals surface area contributed by atoms with E-state index >= 15 is 0 Å². The molecule has 0 spiro atoms. The second-order valence-corrected chi connectivity index (χ2v) is 10.9. The van der Waals surface area contributed by atoms with E-state index in [4.69, 9.17) is 27.9 Å². The van der Waals surface area contributed by atoms with Gasteiger partial charge in [0.25, 0.3) is 0 Å². The van der Waals surface area contributed by atoms with Gasteiger partial charge in [-0.3, -0.25) is 14.7 Å². The highest BCUT2D eigenvalue weighted by molar-refractivity contribution is 6.35. The number of benzene rings is 2. The lowest BCUT2D eigenvalue weighted by molar-refractivity contribution is -0.137. The minimum absolute atomic E-state index is 0.203. The average Bonchev–Trinajstić information content (AvgIpc) is 2.89. The van der Waals surface area contributed by atoms with Crippen molar-refractivity contribution in [3.8, 4) is 17.6 Å². The minimum atomic E-state index is -0.731. The van der Waals surface area contributed by atoms with Crippen LogP contribution in [0, 0.1) is 30.6 Å². The molecule has 38 heavy (non-hydrogen) atoms. The Bertz CT molecular complexity index is 1320. The van der Waals surface area contributed by atoms with Crippen molar-refractivity contribution in [3.63, 3.8) is 0 Å². The average molecular weight is 554 g/mol. The monoisotopic (exact) mass is 552 g/mol. The molecule has 1 aliphatic heterocycles. The van der Waals surface area contributed by atoms with E-state index in [0.717, 1.165) is 66.6 Å². The van der Waals surface area contributed by atoms with Crippen LogP contribution in [0.1, 0.15) is 48.8 Å². The summed E-state index contributed by atoms with van der Waals surface area (Å²) in [6.07, 6.45) is 6.92. The lowest BCUT2D eigenvalue weighted by atomic mass is 9.79. The SMILES string of the molecule is COc1ccc2nccc(CCCC3CCN(CC#Cc4c(C)cc(Cl)cc4Cl)CC3CCC(=O)O)c2c1. The number of aromatic nitrogens is 1.